The second kappa shape index (κ2) is 9.17. The molecular weight excluding hydrogens is 398 g/mol. The number of carbonyl (C=O) groups is 1. The van der Waals surface area contributed by atoms with Gasteiger partial charge in [0.2, 0.25) is 5.91 Å². The van der Waals surface area contributed by atoms with E-state index in [2.05, 4.69) is 34.5 Å². The molecule has 0 aliphatic carbocycles. The fourth-order valence-corrected chi connectivity index (χ4v) is 5.27. The highest BCUT2D eigenvalue weighted by molar-refractivity contribution is 5.87. The summed E-state index contributed by atoms with van der Waals surface area (Å²) in [6, 6.07) is 6.85. The number of carbonyl (C=O) groups excluding carboxylic acids is 1. The van der Waals surface area contributed by atoms with E-state index >= 15 is 0 Å². The summed E-state index contributed by atoms with van der Waals surface area (Å²) >= 11 is 0. The maximum Gasteiger partial charge on any atom is 0.265 e. The van der Waals surface area contributed by atoms with Gasteiger partial charge in [0.15, 0.2) is 0 Å². The van der Waals surface area contributed by atoms with Crippen LogP contribution in [-0.4, -0.2) is 49.0 Å². The number of nitrogens with one attached hydrogen (secondary N) is 2. The molecule has 0 radical (unpaired) electrons. The van der Waals surface area contributed by atoms with Gasteiger partial charge < -0.3 is 15.5 Å². The van der Waals surface area contributed by atoms with Crippen LogP contribution in [0.2, 0.25) is 0 Å². The average Bonchev–Trinajstić information content (AvgIpc) is 2.74. The van der Waals surface area contributed by atoms with Crippen LogP contribution in [0.5, 0.6) is 0 Å². The Morgan fingerprint density at radius 2 is 2.10 bits per heavy atom. The highest BCUT2D eigenvalue weighted by Crippen LogP contribution is 2.38. The summed E-state index contributed by atoms with van der Waals surface area (Å²) in [6.45, 7) is 5.64. The number of aromatic nitrogens is 1. The Morgan fingerprint density at radius 1 is 1.32 bits per heavy atom. The number of hydrogen-bond donors (Lipinski definition) is 2. The van der Waals surface area contributed by atoms with E-state index in [0.29, 0.717) is 35.7 Å². The number of benzene rings is 1. The van der Waals surface area contributed by atoms with Crippen molar-refractivity contribution in [3.8, 4) is 0 Å². The van der Waals surface area contributed by atoms with Gasteiger partial charge in [-0.1, -0.05) is 25.1 Å². The zero-order valence-corrected chi connectivity index (χ0v) is 18.3. The zero-order chi connectivity index (χ0) is 22.0. The molecule has 0 bridgehead atoms. The first-order valence-electron chi connectivity index (χ1n) is 11.2. The van der Waals surface area contributed by atoms with Gasteiger partial charge in [0.1, 0.15) is 0 Å². The van der Waals surface area contributed by atoms with Gasteiger partial charge >= 0.3 is 0 Å². The van der Waals surface area contributed by atoms with Gasteiger partial charge in [-0.05, 0) is 69.4 Å². The van der Waals surface area contributed by atoms with Crippen molar-refractivity contribution < 1.29 is 13.6 Å². The lowest BCUT2D eigenvalue weighted by molar-refractivity contribution is -0.124. The predicted molar refractivity (Wildman–Crippen MR) is 118 cm³/mol. The SMILES string of the molecule is C[C@@H]1CNC[C@](NC(=O)CC2CCN(C)CC2)(c2ccc(C(F)F)c3ncccc23)C1. The third-order valence-corrected chi connectivity index (χ3v) is 6.86. The first-order chi connectivity index (χ1) is 14.9. The third kappa shape index (κ3) is 4.72. The van der Waals surface area contributed by atoms with Crippen LogP contribution in [0.25, 0.3) is 10.9 Å². The summed E-state index contributed by atoms with van der Waals surface area (Å²) in [4.78, 5) is 19.7. The smallest absolute Gasteiger partial charge is 0.265 e. The molecule has 2 N–H and O–H groups in total. The topological polar surface area (TPSA) is 57.3 Å². The number of piperidine rings is 2. The molecule has 2 atom stereocenters. The van der Waals surface area contributed by atoms with Crippen LogP contribution < -0.4 is 10.6 Å². The van der Waals surface area contributed by atoms with E-state index in [0.717, 1.165) is 44.5 Å². The Labute approximate surface area is 182 Å². The number of rotatable bonds is 5. The molecule has 2 fully saturated rings. The number of amides is 1. The predicted octanol–water partition coefficient (Wildman–Crippen LogP) is 3.85. The Bertz CT molecular complexity index is 929. The molecule has 0 unspecified atom stereocenters. The number of nitrogens with zero attached hydrogens (tertiary/aromatic N) is 2. The standard InChI is InChI=1S/C24H32F2N4O/c1-16-13-24(15-27-14-16,29-21(31)12-17-7-10-30(2)11-8-17)20-6-5-19(23(25)26)22-18(20)4-3-9-28-22/h3-6,9,16-17,23,27H,7-8,10-15H2,1-2H3,(H,29,31)/t16-,24-/m0/s1. The number of pyridine rings is 1. The normalized spacial score (nSPS) is 25.8. The zero-order valence-electron chi connectivity index (χ0n) is 18.3. The minimum absolute atomic E-state index is 0.0421. The molecule has 2 aliphatic heterocycles. The summed E-state index contributed by atoms with van der Waals surface area (Å²) in [7, 11) is 2.11. The molecule has 2 saturated heterocycles. The van der Waals surface area contributed by atoms with Crippen molar-refractivity contribution in [2.24, 2.45) is 11.8 Å². The fourth-order valence-electron chi connectivity index (χ4n) is 5.27. The molecule has 31 heavy (non-hydrogen) atoms. The molecule has 0 spiro atoms. The van der Waals surface area contributed by atoms with Crippen molar-refractivity contribution in [2.45, 2.75) is 44.6 Å². The lowest BCUT2D eigenvalue weighted by atomic mass is 9.77. The van der Waals surface area contributed by atoms with E-state index in [1.807, 2.05) is 6.07 Å². The molecule has 1 amide bonds. The van der Waals surface area contributed by atoms with Crippen LogP contribution in [0, 0.1) is 11.8 Å². The molecule has 2 aliphatic rings. The van der Waals surface area contributed by atoms with Crippen molar-refractivity contribution >= 4 is 16.8 Å². The van der Waals surface area contributed by atoms with Crippen LogP contribution in [0.1, 0.15) is 50.2 Å². The molecule has 5 nitrogen and oxygen atoms in total. The molecule has 0 saturated carbocycles. The van der Waals surface area contributed by atoms with E-state index in [1.165, 1.54) is 6.07 Å². The van der Waals surface area contributed by atoms with Crippen LogP contribution in [-0.2, 0) is 10.3 Å². The molecular formula is C24H32F2N4O. The van der Waals surface area contributed by atoms with Gasteiger partial charge in [0, 0.05) is 30.1 Å². The highest BCUT2D eigenvalue weighted by atomic mass is 19.3. The lowest BCUT2D eigenvalue weighted by Crippen LogP contribution is -2.57. The second-order valence-electron chi connectivity index (χ2n) is 9.42. The van der Waals surface area contributed by atoms with Crippen LogP contribution in [0.4, 0.5) is 8.78 Å². The summed E-state index contributed by atoms with van der Waals surface area (Å²) in [5.74, 6) is 0.779. The second-order valence-corrected chi connectivity index (χ2v) is 9.42. The van der Waals surface area contributed by atoms with Crippen molar-refractivity contribution in [3.05, 3.63) is 41.6 Å². The molecule has 168 valence electrons. The van der Waals surface area contributed by atoms with Crippen LogP contribution in [0.15, 0.2) is 30.5 Å². The molecule has 4 rings (SSSR count). The average molecular weight is 431 g/mol. The van der Waals surface area contributed by atoms with Crippen molar-refractivity contribution in [2.75, 3.05) is 33.2 Å². The number of likely N-dealkylation sites (tertiary alicyclic amines) is 1. The van der Waals surface area contributed by atoms with Gasteiger partial charge in [-0.25, -0.2) is 8.78 Å². The number of alkyl halides is 2. The fraction of sp³-hybridized carbons (Fsp3) is 0.583. The highest BCUT2D eigenvalue weighted by Gasteiger charge is 2.40. The van der Waals surface area contributed by atoms with E-state index in [-0.39, 0.29) is 11.5 Å². The Balaban J connectivity index is 1.67. The maximum absolute atomic E-state index is 13.6. The van der Waals surface area contributed by atoms with Gasteiger partial charge in [0.05, 0.1) is 11.1 Å². The molecule has 3 heterocycles. The molecule has 1 aromatic heterocycles. The van der Waals surface area contributed by atoms with Crippen molar-refractivity contribution in [3.63, 3.8) is 0 Å². The molecule has 7 heteroatoms. The minimum Gasteiger partial charge on any atom is -0.345 e. The number of fused-ring (bicyclic) bond motifs is 1. The van der Waals surface area contributed by atoms with E-state index in [1.54, 1.807) is 18.3 Å². The monoisotopic (exact) mass is 430 g/mol. The Morgan fingerprint density at radius 3 is 2.81 bits per heavy atom. The molecule has 1 aromatic carbocycles. The van der Waals surface area contributed by atoms with Crippen molar-refractivity contribution in [1.82, 2.24) is 20.5 Å². The quantitative estimate of drug-likeness (QED) is 0.757. The molecule has 2 aromatic rings. The summed E-state index contributed by atoms with van der Waals surface area (Å²) in [5.41, 5.74) is 0.485. The van der Waals surface area contributed by atoms with Crippen molar-refractivity contribution in [1.29, 1.82) is 0 Å². The summed E-state index contributed by atoms with van der Waals surface area (Å²) < 4.78 is 27.2. The lowest BCUT2D eigenvalue weighted by Gasteiger charge is -2.42. The van der Waals surface area contributed by atoms with E-state index in [4.69, 9.17) is 0 Å². The Kier molecular flexibility index (Phi) is 6.53. The summed E-state index contributed by atoms with van der Waals surface area (Å²) in [6.07, 6.45) is 2.28. The number of halogens is 2. The first kappa shape index (κ1) is 22.1. The number of hydrogen-bond acceptors (Lipinski definition) is 4. The van der Waals surface area contributed by atoms with Crippen LogP contribution in [0.3, 0.4) is 0 Å². The van der Waals surface area contributed by atoms with Gasteiger partial charge in [0.25, 0.3) is 6.43 Å². The van der Waals surface area contributed by atoms with Gasteiger partial charge in [-0.15, -0.1) is 0 Å². The summed E-state index contributed by atoms with van der Waals surface area (Å²) in [5, 5.41) is 7.49. The van der Waals surface area contributed by atoms with E-state index in [9.17, 15) is 13.6 Å². The van der Waals surface area contributed by atoms with Gasteiger partial charge in [-0.3, -0.25) is 9.78 Å². The largest absolute Gasteiger partial charge is 0.345 e. The first-order valence-corrected chi connectivity index (χ1v) is 11.2. The minimum atomic E-state index is -2.59. The van der Waals surface area contributed by atoms with Gasteiger partial charge in [-0.2, -0.15) is 0 Å². The van der Waals surface area contributed by atoms with Crippen LogP contribution >= 0.6 is 0 Å². The Hall–Kier alpha value is -2.12. The maximum atomic E-state index is 13.6. The third-order valence-electron chi connectivity index (χ3n) is 6.86. The van der Waals surface area contributed by atoms with E-state index < -0.39 is 12.0 Å².